The predicted molar refractivity (Wildman–Crippen MR) is 288 cm³/mol. The third-order valence-electron chi connectivity index (χ3n) is 12.5. The van der Waals surface area contributed by atoms with E-state index in [0.29, 0.717) is 19.4 Å². The molecule has 5 nitrogen and oxygen atoms in total. The maximum atomic E-state index is 12.9. The molecule has 1 atom stereocenters. The van der Waals surface area contributed by atoms with Crippen molar-refractivity contribution < 1.29 is 23.8 Å². The number of esters is 2. The van der Waals surface area contributed by atoms with Crippen LogP contribution in [0.3, 0.4) is 0 Å². The standard InChI is InChI=1S/C61H110O5/c1-4-7-10-13-16-19-22-25-27-29-31-33-35-37-39-42-45-48-51-54-60(62)65-58-59(57-64-56-53-50-47-44-41-24-21-18-15-12-9-6-3)66-61(63)55-52-49-46-43-40-38-36-34-32-30-28-26-23-20-17-14-11-8-5-2/h7,10,16,19,25-28,31,33,59H,4-6,8-9,11-15,17-18,20-24,29-30,32,34-58H2,1-3H3/b10-7-,19-16-,27-25-,28-26-,33-31-. The highest BCUT2D eigenvalue weighted by atomic mass is 16.6. The van der Waals surface area contributed by atoms with Gasteiger partial charge >= 0.3 is 11.9 Å². The molecule has 0 radical (unpaired) electrons. The maximum absolute atomic E-state index is 12.9. The fraction of sp³-hybridized carbons (Fsp3) is 0.803. The third-order valence-corrected chi connectivity index (χ3v) is 12.5. The number of carbonyl (C=O) groups is 2. The Morgan fingerprint density at radius 3 is 1.11 bits per heavy atom. The molecule has 0 heterocycles. The molecule has 5 heteroatoms. The second-order valence-corrected chi connectivity index (χ2v) is 19.2. The van der Waals surface area contributed by atoms with E-state index in [0.717, 1.165) is 77.0 Å². The van der Waals surface area contributed by atoms with Crippen molar-refractivity contribution in [2.24, 2.45) is 0 Å². The van der Waals surface area contributed by atoms with E-state index < -0.39 is 6.10 Å². The molecule has 0 fully saturated rings. The van der Waals surface area contributed by atoms with Crippen LogP contribution in [0.15, 0.2) is 60.8 Å². The third kappa shape index (κ3) is 54.2. The largest absolute Gasteiger partial charge is 0.462 e. The molecule has 0 amide bonds. The first-order valence-corrected chi connectivity index (χ1v) is 28.8. The summed E-state index contributed by atoms with van der Waals surface area (Å²) in [5.41, 5.74) is 0. The van der Waals surface area contributed by atoms with Crippen LogP contribution in [-0.4, -0.2) is 37.9 Å². The van der Waals surface area contributed by atoms with Crippen LogP contribution in [-0.2, 0) is 23.8 Å². The molecular formula is C61H110O5. The Kier molecular flexibility index (Phi) is 54.9. The van der Waals surface area contributed by atoms with E-state index in [1.807, 2.05) is 0 Å². The molecular weight excluding hydrogens is 813 g/mol. The lowest BCUT2D eigenvalue weighted by atomic mass is 10.1. The van der Waals surface area contributed by atoms with Gasteiger partial charge in [-0.05, 0) is 83.5 Å². The Balaban J connectivity index is 4.24. The molecule has 0 aromatic heterocycles. The van der Waals surface area contributed by atoms with Crippen molar-refractivity contribution in [3.8, 4) is 0 Å². The smallest absolute Gasteiger partial charge is 0.306 e. The van der Waals surface area contributed by atoms with Gasteiger partial charge < -0.3 is 14.2 Å². The molecule has 0 bridgehead atoms. The lowest BCUT2D eigenvalue weighted by Crippen LogP contribution is -2.30. The maximum Gasteiger partial charge on any atom is 0.306 e. The number of allylic oxidation sites excluding steroid dienone is 10. The zero-order valence-electron chi connectivity index (χ0n) is 44.2. The highest BCUT2D eigenvalue weighted by molar-refractivity contribution is 5.70. The van der Waals surface area contributed by atoms with Crippen molar-refractivity contribution >= 4 is 11.9 Å². The molecule has 0 aromatic rings. The molecule has 384 valence electrons. The number of carbonyl (C=O) groups excluding carboxylic acids is 2. The summed E-state index contributed by atoms with van der Waals surface area (Å²) >= 11 is 0. The number of rotatable bonds is 53. The summed E-state index contributed by atoms with van der Waals surface area (Å²) in [6.45, 7) is 7.74. The van der Waals surface area contributed by atoms with Crippen LogP contribution >= 0.6 is 0 Å². The van der Waals surface area contributed by atoms with E-state index in [1.165, 1.54) is 180 Å². The van der Waals surface area contributed by atoms with E-state index in [1.54, 1.807) is 0 Å². The van der Waals surface area contributed by atoms with Crippen LogP contribution in [0.2, 0.25) is 0 Å². The molecule has 0 aliphatic rings. The first-order chi connectivity index (χ1) is 32.6. The average molecular weight is 924 g/mol. The first kappa shape index (κ1) is 63.6. The lowest BCUT2D eigenvalue weighted by Gasteiger charge is -2.18. The average Bonchev–Trinajstić information content (AvgIpc) is 3.32. The minimum Gasteiger partial charge on any atom is -0.462 e. The van der Waals surface area contributed by atoms with Crippen molar-refractivity contribution in [1.29, 1.82) is 0 Å². The van der Waals surface area contributed by atoms with Crippen LogP contribution in [0.5, 0.6) is 0 Å². The summed E-state index contributed by atoms with van der Waals surface area (Å²) in [5, 5.41) is 0. The van der Waals surface area contributed by atoms with Gasteiger partial charge in [0.05, 0.1) is 6.61 Å². The zero-order chi connectivity index (χ0) is 47.7. The molecule has 0 aromatic carbocycles. The molecule has 0 spiro atoms. The SMILES string of the molecule is CC/C=C\C/C=C\C/C=C\C/C=C\CCCCCCCCC(=O)OCC(COCCCCCCCCCCCCCC)OC(=O)CCCCCCCCCCC/C=C\CCCCCCCC. The Hall–Kier alpha value is -2.40. The van der Waals surface area contributed by atoms with E-state index in [-0.39, 0.29) is 25.2 Å². The van der Waals surface area contributed by atoms with Crippen LogP contribution in [0.4, 0.5) is 0 Å². The van der Waals surface area contributed by atoms with Gasteiger partial charge in [0.15, 0.2) is 6.10 Å². The number of hydrogen-bond donors (Lipinski definition) is 0. The summed E-state index contributed by atoms with van der Waals surface area (Å²) in [6.07, 6.45) is 72.4. The fourth-order valence-corrected chi connectivity index (χ4v) is 8.26. The lowest BCUT2D eigenvalue weighted by molar-refractivity contribution is -0.163. The summed E-state index contributed by atoms with van der Waals surface area (Å²) < 4.78 is 17.5. The van der Waals surface area contributed by atoms with Gasteiger partial charge in [-0.1, -0.05) is 255 Å². The summed E-state index contributed by atoms with van der Waals surface area (Å²) in [4.78, 5) is 25.5. The van der Waals surface area contributed by atoms with Gasteiger partial charge in [-0.3, -0.25) is 9.59 Å². The monoisotopic (exact) mass is 923 g/mol. The molecule has 1 unspecified atom stereocenters. The Morgan fingerprint density at radius 2 is 0.682 bits per heavy atom. The summed E-state index contributed by atoms with van der Waals surface area (Å²) in [7, 11) is 0. The Morgan fingerprint density at radius 1 is 0.348 bits per heavy atom. The molecule has 0 rings (SSSR count). The van der Waals surface area contributed by atoms with Gasteiger partial charge in [0, 0.05) is 19.4 Å². The second kappa shape index (κ2) is 56.9. The van der Waals surface area contributed by atoms with Crippen molar-refractivity contribution in [2.45, 2.75) is 297 Å². The molecule has 0 N–H and O–H groups in total. The van der Waals surface area contributed by atoms with E-state index in [2.05, 4.69) is 81.5 Å². The van der Waals surface area contributed by atoms with Gasteiger partial charge in [0.25, 0.3) is 0 Å². The summed E-state index contributed by atoms with van der Waals surface area (Å²) in [6, 6.07) is 0. The van der Waals surface area contributed by atoms with Gasteiger partial charge in [-0.25, -0.2) is 0 Å². The zero-order valence-corrected chi connectivity index (χ0v) is 44.2. The van der Waals surface area contributed by atoms with Crippen molar-refractivity contribution in [2.75, 3.05) is 19.8 Å². The molecule has 0 aliphatic carbocycles. The van der Waals surface area contributed by atoms with Gasteiger partial charge in [0.2, 0.25) is 0 Å². The number of unbranched alkanes of at least 4 members (excludes halogenated alkanes) is 32. The van der Waals surface area contributed by atoms with Crippen LogP contribution in [0, 0.1) is 0 Å². The topological polar surface area (TPSA) is 61.8 Å². The molecule has 0 aliphatic heterocycles. The van der Waals surface area contributed by atoms with E-state index in [9.17, 15) is 9.59 Å². The highest BCUT2D eigenvalue weighted by Crippen LogP contribution is 2.15. The Bertz CT molecular complexity index is 1130. The first-order valence-electron chi connectivity index (χ1n) is 28.8. The molecule has 0 saturated carbocycles. The fourth-order valence-electron chi connectivity index (χ4n) is 8.26. The van der Waals surface area contributed by atoms with E-state index in [4.69, 9.17) is 14.2 Å². The van der Waals surface area contributed by atoms with Gasteiger partial charge in [0.1, 0.15) is 6.61 Å². The minimum absolute atomic E-state index is 0.0792. The molecule has 66 heavy (non-hydrogen) atoms. The van der Waals surface area contributed by atoms with Gasteiger partial charge in [-0.2, -0.15) is 0 Å². The van der Waals surface area contributed by atoms with Crippen molar-refractivity contribution in [3.05, 3.63) is 60.8 Å². The number of ether oxygens (including phenoxy) is 3. The number of hydrogen-bond acceptors (Lipinski definition) is 5. The van der Waals surface area contributed by atoms with Crippen molar-refractivity contribution in [3.63, 3.8) is 0 Å². The predicted octanol–water partition coefficient (Wildman–Crippen LogP) is 19.7. The second-order valence-electron chi connectivity index (χ2n) is 19.2. The highest BCUT2D eigenvalue weighted by Gasteiger charge is 2.17. The quantitative estimate of drug-likeness (QED) is 0.0346. The van der Waals surface area contributed by atoms with Crippen LogP contribution in [0.25, 0.3) is 0 Å². The van der Waals surface area contributed by atoms with Crippen LogP contribution < -0.4 is 0 Å². The Labute approximate surface area is 411 Å². The minimum atomic E-state index is -0.542. The van der Waals surface area contributed by atoms with E-state index >= 15 is 0 Å². The molecule has 0 saturated heterocycles. The summed E-state index contributed by atoms with van der Waals surface area (Å²) in [5.74, 6) is -0.403. The normalized spacial score (nSPS) is 12.6. The van der Waals surface area contributed by atoms with Gasteiger partial charge in [-0.15, -0.1) is 0 Å². The van der Waals surface area contributed by atoms with Crippen LogP contribution in [0.1, 0.15) is 290 Å². The van der Waals surface area contributed by atoms with Crippen molar-refractivity contribution in [1.82, 2.24) is 0 Å².